The summed E-state index contributed by atoms with van der Waals surface area (Å²) in [4.78, 5) is 38.5. The zero-order valence-corrected chi connectivity index (χ0v) is 19.2. The number of amides is 4. The number of nitrogens with zero attached hydrogens (tertiary/aromatic N) is 1. The van der Waals surface area contributed by atoms with Crippen molar-refractivity contribution in [2.24, 2.45) is 0 Å². The molecule has 166 valence electrons. The molecule has 0 saturated carbocycles. The van der Waals surface area contributed by atoms with Crippen molar-refractivity contribution in [3.05, 3.63) is 98.7 Å². The van der Waals surface area contributed by atoms with E-state index in [1.165, 1.54) is 24.3 Å². The fraction of sp³-hybridized carbons (Fsp3) is 0.0417. The molecule has 4 rings (SSSR count). The third-order valence-electron chi connectivity index (χ3n) is 4.78. The summed E-state index contributed by atoms with van der Waals surface area (Å²) in [5.41, 5.74) is 0.938. The van der Waals surface area contributed by atoms with Crippen LogP contribution in [0.15, 0.2) is 76.8 Å². The van der Waals surface area contributed by atoms with Crippen LogP contribution in [0.3, 0.4) is 0 Å². The number of hydrogen-bond acceptors (Lipinski definition) is 4. The first-order valence-electron chi connectivity index (χ1n) is 9.66. The quantitative estimate of drug-likeness (QED) is 0.350. The highest BCUT2D eigenvalue weighted by molar-refractivity contribution is 9.10. The molecule has 1 heterocycles. The monoisotopic (exact) mass is 528 g/mol. The summed E-state index contributed by atoms with van der Waals surface area (Å²) in [6.45, 7) is 0.0311. The number of carbonyl (C=O) groups is 3. The summed E-state index contributed by atoms with van der Waals surface area (Å²) in [5, 5.41) is 2.50. The van der Waals surface area contributed by atoms with Crippen LogP contribution in [0, 0.1) is 5.82 Å². The van der Waals surface area contributed by atoms with Crippen LogP contribution < -0.4 is 15.0 Å². The highest BCUT2D eigenvalue weighted by atomic mass is 79.9. The topological polar surface area (TPSA) is 75.7 Å². The van der Waals surface area contributed by atoms with Gasteiger partial charge in [0.1, 0.15) is 23.7 Å². The highest BCUT2D eigenvalue weighted by Crippen LogP contribution is 2.29. The number of carbonyl (C=O) groups excluding carboxylic acids is 3. The Bertz CT molecular complexity index is 1310. The number of anilines is 1. The summed E-state index contributed by atoms with van der Waals surface area (Å²) in [7, 11) is 0. The van der Waals surface area contributed by atoms with E-state index in [9.17, 15) is 18.8 Å². The van der Waals surface area contributed by atoms with Gasteiger partial charge in [-0.2, -0.15) is 0 Å². The van der Waals surface area contributed by atoms with Crippen molar-refractivity contribution in [1.29, 1.82) is 0 Å². The predicted octanol–water partition coefficient (Wildman–Crippen LogP) is 5.49. The summed E-state index contributed by atoms with van der Waals surface area (Å²) < 4.78 is 20.0. The average Bonchev–Trinajstić information content (AvgIpc) is 2.77. The summed E-state index contributed by atoms with van der Waals surface area (Å²) in [6, 6.07) is 16.5. The number of benzene rings is 3. The van der Waals surface area contributed by atoms with Gasteiger partial charge in [0, 0.05) is 10.6 Å². The molecule has 1 fully saturated rings. The second-order valence-corrected chi connectivity index (χ2v) is 8.30. The van der Waals surface area contributed by atoms with Gasteiger partial charge < -0.3 is 4.74 Å². The van der Waals surface area contributed by atoms with E-state index < -0.39 is 17.8 Å². The van der Waals surface area contributed by atoms with Crippen LogP contribution >= 0.6 is 27.5 Å². The van der Waals surface area contributed by atoms with Crippen LogP contribution in [-0.2, 0) is 16.2 Å². The Hall–Kier alpha value is -3.49. The normalized spacial score (nSPS) is 15.1. The molecule has 0 aliphatic carbocycles. The van der Waals surface area contributed by atoms with Crippen LogP contribution in [0.2, 0.25) is 5.02 Å². The van der Waals surface area contributed by atoms with Gasteiger partial charge in [0.15, 0.2) is 0 Å². The number of hydrogen-bond donors (Lipinski definition) is 1. The predicted molar refractivity (Wildman–Crippen MR) is 125 cm³/mol. The maximum Gasteiger partial charge on any atom is 0.335 e. The van der Waals surface area contributed by atoms with E-state index >= 15 is 0 Å². The fourth-order valence-corrected chi connectivity index (χ4v) is 3.86. The van der Waals surface area contributed by atoms with Crippen LogP contribution in [0.5, 0.6) is 5.75 Å². The minimum atomic E-state index is -0.859. The molecular formula is C24H15BrClFN2O4. The van der Waals surface area contributed by atoms with Gasteiger partial charge in [-0.3, -0.25) is 14.9 Å². The van der Waals surface area contributed by atoms with Crippen molar-refractivity contribution in [1.82, 2.24) is 5.32 Å². The molecule has 9 heteroatoms. The van der Waals surface area contributed by atoms with Gasteiger partial charge in [-0.15, -0.1) is 0 Å². The minimum Gasteiger partial charge on any atom is -0.488 e. The number of rotatable bonds is 5. The summed E-state index contributed by atoms with van der Waals surface area (Å²) in [5.74, 6) is -1.49. The van der Waals surface area contributed by atoms with Gasteiger partial charge >= 0.3 is 6.03 Å². The van der Waals surface area contributed by atoms with Gasteiger partial charge in [0.25, 0.3) is 11.8 Å². The number of barbiturate groups is 1. The third-order valence-corrected chi connectivity index (χ3v) is 5.63. The maximum atomic E-state index is 13.8. The molecule has 0 bridgehead atoms. The zero-order valence-electron chi connectivity index (χ0n) is 16.8. The third kappa shape index (κ3) is 4.97. The van der Waals surface area contributed by atoms with Crippen molar-refractivity contribution in [2.75, 3.05) is 4.90 Å². The smallest absolute Gasteiger partial charge is 0.335 e. The number of nitrogens with one attached hydrogen (secondary N) is 1. The van der Waals surface area contributed by atoms with Crippen molar-refractivity contribution >= 4 is 57.1 Å². The van der Waals surface area contributed by atoms with Gasteiger partial charge in [-0.05, 0) is 64.0 Å². The van der Waals surface area contributed by atoms with Crippen LogP contribution in [0.1, 0.15) is 11.1 Å². The second-order valence-electron chi connectivity index (χ2n) is 7.01. The van der Waals surface area contributed by atoms with E-state index in [1.807, 2.05) is 0 Å². The molecule has 4 amide bonds. The van der Waals surface area contributed by atoms with Gasteiger partial charge in [0.05, 0.1) is 10.2 Å². The van der Waals surface area contributed by atoms with Gasteiger partial charge in [-0.1, -0.05) is 41.9 Å². The summed E-state index contributed by atoms with van der Waals surface area (Å²) in [6.07, 6.45) is 1.37. The molecule has 1 saturated heterocycles. The van der Waals surface area contributed by atoms with Crippen molar-refractivity contribution in [2.45, 2.75) is 6.61 Å². The van der Waals surface area contributed by atoms with Crippen LogP contribution in [0.25, 0.3) is 6.08 Å². The Morgan fingerprint density at radius 2 is 1.82 bits per heavy atom. The molecule has 0 spiro atoms. The molecule has 3 aromatic carbocycles. The van der Waals surface area contributed by atoms with Crippen molar-refractivity contribution in [3.8, 4) is 5.75 Å². The number of ether oxygens (including phenoxy) is 1. The molecule has 3 aromatic rings. The molecule has 0 aromatic heterocycles. The van der Waals surface area contributed by atoms with Crippen LogP contribution in [-0.4, -0.2) is 17.8 Å². The molecular weight excluding hydrogens is 515 g/mol. The Morgan fingerprint density at radius 3 is 2.55 bits per heavy atom. The Morgan fingerprint density at radius 1 is 1.03 bits per heavy atom. The number of imide groups is 2. The largest absolute Gasteiger partial charge is 0.488 e. The Balaban J connectivity index is 1.57. The lowest BCUT2D eigenvalue weighted by molar-refractivity contribution is -0.122. The van der Waals surface area contributed by atoms with E-state index in [-0.39, 0.29) is 23.7 Å². The van der Waals surface area contributed by atoms with Gasteiger partial charge in [-0.25, -0.2) is 14.1 Å². The Labute approximate surface area is 201 Å². The molecule has 1 N–H and O–H groups in total. The molecule has 0 radical (unpaired) electrons. The first-order valence-corrected chi connectivity index (χ1v) is 10.8. The van der Waals surface area contributed by atoms with E-state index in [0.29, 0.717) is 26.4 Å². The van der Waals surface area contributed by atoms with E-state index in [1.54, 1.807) is 48.5 Å². The van der Waals surface area contributed by atoms with Crippen molar-refractivity contribution in [3.63, 3.8) is 0 Å². The molecule has 0 atom stereocenters. The average molecular weight is 530 g/mol. The standard InChI is InChI=1S/C24H15BrClFN2O4/c25-19-11-14(8-9-21(19)33-13-15-4-1-2-7-20(15)27)10-18-22(30)28-24(32)29(23(18)31)17-6-3-5-16(26)12-17/h1-12H,13H2,(H,28,30,32)/b18-10+. The van der Waals surface area contributed by atoms with Gasteiger partial charge in [0.2, 0.25) is 0 Å². The maximum absolute atomic E-state index is 13.8. The minimum absolute atomic E-state index is 0.0311. The lowest BCUT2D eigenvalue weighted by atomic mass is 10.1. The Kier molecular flexibility index (Phi) is 6.57. The summed E-state index contributed by atoms with van der Waals surface area (Å²) >= 11 is 9.36. The molecule has 33 heavy (non-hydrogen) atoms. The fourth-order valence-electron chi connectivity index (χ4n) is 3.17. The molecule has 1 aliphatic heterocycles. The second kappa shape index (κ2) is 9.56. The molecule has 0 unspecified atom stereocenters. The highest BCUT2D eigenvalue weighted by Gasteiger charge is 2.36. The van der Waals surface area contributed by atoms with E-state index in [2.05, 4.69) is 21.2 Å². The number of halogens is 3. The number of urea groups is 1. The van der Waals surface area contributed by atoms with Crippen LogP contribution in [0.4, 0.5) is 14.9 Å². The van der Waals surface area contributed by atoms with E-state index in [4.69, 9.17) is 16.3 Å². The first kappa shape index (κ1) is 22.7. The molecule has 6 nitrogen and oxygen atoms in total. The lowest BCUT2D eigenvalue weighted by Crippen LogP contribution is -2.54. The lowest BCUT2D eigenvalue weighted by Gasteiger charge is -2.26. The van der Waals surface area contributed by atoms with Crippen molar-refractivity contribution < 1.29 is 23.5 Å². The SMILES string of the molecule is O=C1NC(=O)N(c2cccc(Cl)c2)C(=O)/C1=C/c1ccc(OCc2ccccc2F)c(Br)c1. The first-order chi connectivity index (χ1) is 15.8. The zero-order chi connectivity index (χ0) is 23.5. The van der Waals surface area contributed by atoms with E-state index in [0.717, 1.165) is 4.90 Å². The molecule has 1 aliphatic rings.